The maximum atomic E-state index is 11.4. The highest BCUT2D eigenvalue weighted by Gasteiger charge is 2.38. The quantitative estimate of drug-likeness (QED) is 0.704. The molecule has 0 fully saturated rings. The van der Waals surface area contributed by atoms with E-state index in [9.17, 15) is 4.79 Å². The fraction of sp³-hybridized carbons (Fsp3) is 0.714. The number of nitrogens with two attached hydrogens (primary N) is 1. The third-order valence-corrected chi connectivity index (χ3v) is 2.82. The van der Waals surface area contributed by atoms with Gasteiger partial charge in [0.05, 0.1) is 0 Å². The molecule has 1 rings (SSSR count). The second-order valence-corrected chi connectivity index (χ2v) is 3.95. The van der Waals surface area contributed by atoms with Crippen LogP contribution in [0.5, 0.6) is 0 Å². The summed E-state index contributed by atoms with van der Waals surface area (Å²) in [6, 6.07) is 0. The number of rotatable bonds is 3. The molecule has 7 heteroatoms. The maximum absolute atomic E-state index is 11.4. The van der Waals surface area contributed by atoms with Crippen molar-refractivity contribution in [2.24, 2.45) is 11.7 Å². The van der Waals surface area contributed by atoms with Crippen molar-refractivity contribution in [1.29, 1.82) is 0 Å². The molecule has 1 aromatic heterocycles. The van der Waals surface area contributed by atoms with Crippen LogP contribution >= 0.6 is 12.2 Å². The van der Waals surface area contributed by atoms with Gasteiger partial charge in [0.15, 0.2) is 0 Å². The Labute approximate surface area is 86.5 Å². The number of nitrogens with one attached hydrogen (secondary N) is 1. The summed E-state index contributed by atoms with van der Waals surface area (Å²) in [5.74, 6) is -0.469. The molecule has 1 amide bonds. The lowest BCUT2D eigenvalue weighted by molar-refractivity contribution is -0.128. The van der Waals surface area contributed by atoms with E-state index in [2.05, 4.69) is 15.5 Å². The first-order valence-electron chi connectivity index (χ1n) is 4.21. The van der Waals surface area contributed by atoms with Gasteiger partial charge in [0.2, 0.25) is 10.7 Å². The van der Waals surface area contributed by atoms with Crippen molar-refractivity contribution in [3.8, 4) is 0 Å². The Kier molecular flexibility index (Phi) is 2.70. The predicted molar refractivity (Wildman–Crippen MR) is 52.9 cm³/mol. The van der Waals surface area contributed by atoms with Gasteiger partial charge < -0.3 is 5.73 Å². The minimum Gasteiger partial charge on any atom is -0.368 e. The van der Waals surface area contributed by atoms with Crippen LogP contribution in [0.4, 0.5) is 0 Å². The molecular weight excluding hydrogens is 202 g/mol. The van der Waals surface area contributed by atoms with E-state index in [1.165, 1.54) is 4.68 Å². The van der Waals surface area contributed by atoms with Gasteiger partial charge in [-0.1, -0.05) is 24.2 Å². The van der Waals surface area contributed by atoms with E-state index in [1.807, 2.05) is 13.8 Å². The number of amides is 1. The van der Waals surface area contributed by atoms with Gasteiger partial charge in [-0.2, -0.15) is 5.21 Å². The normalized spacial score (nSPS) is 15.4. The Bertz CT molecular complexity index is 395. The van der Waals surface area contributed by atoms with Gasteiger partial charge in [-0.25, -0.2) is 4.68 Å². The van der Waals surface area contributed by atoms with Gasteiger partial charge in [0.1, 0.15) is 5.54 Å². The largest absolute Gasteiger partial charge is 0.368 e. The summed E-state index contributed by atoms with van der Waals surface area (Å²) >= 11 is 4.92. The Morgan fingerprint density at radius 2 is 2.29 bits per heavy atom. The number of hydrogen-bond acceptors (Lipinski definition) is 4. The number of nitrogens with zero attached hydrogens (tertiary/aromatic N) is 3. The monoisotopic (exact) mass is 215 g/mol. The second kappa shape index (κ2) is 3.49. The number of tetrazole rings is 1. The summed E-state index contributed by atoms with van der Waals surface area (Å²) in [5.41, 5.74) is 4.43. The van der Waals surface area contributed by atoms with Crippen LogP contribution in [0, 0.1) is 10.7 Å². The van der Waals surface area contributed by atoms with Gasteiger partial charge in [-0.3, -0.25) is 4.79 Å². The Hall–Kier alpha value is -1.24. The summed E-state index contributed by atoms with van der Waals surface area (Å²) in [5, 5.41) is 9.70. The van der Waals surface area contributed by atoms with Gasteiger partial charge >= 0.3 is 0 Å². The number of primary amides is 1. The van der Waals surface area contributed by atoms with Crippen molar-refractivity contribution < 1.29 is 4.79 Å². The first kappa shape index (κ1) is 10.8. The van der Waals surface area contributed by atoms with Crippen molar-refractivity contribution in [2.45, 2.75) is 26.3 Å². The van der Waals surface area contributed by atoms with Crippen molar-refractivity contribution in [2.75, 3.05) is 0 Å². The Morgan fingerprint density at radius 1 is 1.71 bits per heavy atom. The summed E-state index contributed by atoms with van der Waals surface area (Å²) in [4.78, 5) is 11.4. The molecule has 0 saturated carbocycles. The first-order valence-corrected chi connectivity index (χ1v) is 4.62. The van der Waals surface area contributed by atoms with Crippen molar-refractivity contribution in [3.63, 3.8) is 0 Å². The lowest BCUT2D eigenvalue weighted by Gasteiger charge is -2.30. The number of hydrogen-bond donors (Lipinski definition) is 2. The molecule has 0 aliphatic rings. The fourth-order valence-corrected chi connectivity index (χ4v) is 1.42. The van der Waals surface area contributed by atoms with Crippen LogP contribution in [0.3, 0.4) is 0 Å². The van der Waals surface area contributed by atoms with Crippen LogP contribution in [-0.2, 0) is 10.3 Å². The van der Waals surface area contributed by atoms with Gasteiger partial charge in [-0.15, -0.1) is 0 Å². The van der Waals surface area contributed by atoms with Crippen molar-refractivity contribution >= 4 is 18.1 Å². The fourth-order valence-electron chi connectivity index (χ4n) is 1.15. The molecule has 0 aliphatic carbocycles. The predicted octanol–water partition coefficient (Wildman–Crippen LogP) is 0.192. The zero-order chi connectivity index (χ0) is 10.9. The molecule has 6 nitrogen and oxygen atoms in total. The molecule has 1 heterocycles. The Morgan fingerprint density at radius 3 is 2.57 bits per heavy atom. The van der Waals surface area contributed by atoms with Gasteiger partial charge in [-0.05, 0) is 25.1 Å². The molecule has 78 valence electrons. The summed E-state index contributed by atoms with van der Waals surface area (Å²) in [6.45, 7) is 5.47. The summed E-state index contributed by atoms with van der Waals surface area (Å²) in [7, 11) is 0. The second-order valence-electron chi connectivity index (χ2n) is 3.58. The number of carbonyl (C=O) groups is 1. The molecule has 0 bridgehead atoms. The molecule has 14 heavy (non-hydrogen) atoms. The van der Waals surface area contributed by atoms with Crippen molar-refractivity contribution in [1.82, 2.24) is 20.2 Å². The highest BCUT2D eigenvalue weighted by atomic mass is 32.1. The van der Waals surface area contributed by atoms with E-state index in [1.54, 1.807) is 6.92 Å². The third kappa shape index (κ3) is 1.43. The highest BCUT2D eigenvalue weighted by Crippen LogP contribution is 2.24. The molecule has 0 radical (unpaired) electrons. The molecule has 1 atom stereocenters. The summed E-state index contributed by atoms with van der Waals surface area (Å²) in [6.07, 6.45) is 0. The van der Waals surface area contributed by atoms with Crippen LogP contribution in [-0.4, -0.2) is 26.1 Å². The zero-order valence-electron chi connectivity index (χ0n) is 8.31. The van der Waals surface area contributed by atoms with E-state index >= 15 is 0 Å². The molecular formula is C7H13N5OS. The van der Waals surface area contributed by atoms with Crippen LogP contribution in [0.25, 0.3) is 0 Å². The number of aromatic amines is 1. The van der Waals surface area contributed by atoms with E-state index in [-0.39, 0.29) is 10.7 Å². The maximum Gasteiger partial charge on any atom is 0.245 e. The number of aromatic nitrogens is 4. The van der Waals surface area contributed by atoms with E-state index in [0.717, 1.165) is 0 Å². The minimum absolute atomic E-state index is 0.00560. The smallest absolute Gasteiger partial charge is 0.245 e. The highest BCUT2D eigenvalue weighted by molar-refractivity contribution is 7.71. The standard InChI is InChI=1S/C7H13N5OS/c1-4(2)7(3,5(8)13)12-6(14)9-10-11-12/h4H,1-3H3,(H2,8,13)(H,9,11,14). The molecule has 0 spiro atoms. The van der Waals surface area contributed by atoms with Crippen molar-refractivity contribution in [3.05, 3.63) is 4.77 Å². The van der Waals surface area contributed by atoms with Gasteiger partial charge in [0.25, 0.3) is 0 Å². The number of H-pyrrole nitrogens is 1. The molecule has 3 N–H and O–H groups in total. The van der Waals surface area contributed by atoms with Gasteiger partial charge in [0, 0.05) is 0 Å². The first-order chi connectivity index (χ1) is 6.40. The van der Waals surface area contributed by atoms with Crippen LogP contribution in [0.2, 0.25) is 0 Å². The van der Waals surface area contributed by atoms with E-state index in [0.29, 0.717) is 0 Å². The lowest BCUT2D eigenvalue weighted by atomic mass is 9.88. The minimum atomic E-state index is -0.916. The van der Waals surface area contributed by atoms with E-state index < -0.39 is 11.4 Å². The molecule has 1 aromatic rings. The lowest BCUT2D eigenvalue weighted by Crippen LogP contribution is -2.48. The number of carbonyl (C=O) groups excluding carboxylic acids is 1. The average molecular weight is 215 g/mol. The molecule has 0 saturated heterocycles. The summed E-state index contributed by atoms with van der Waals surface area (Å²) < 4.78 is 1.63. The third-order valence-electron chi connectivity index (χ3n) is 2.56. The average Bonchev–Trinajstić information content (AvgIpc) is 2.49. The topological polar surface area (TPSA) is 89.6 Å². The van der Waals surface area contributed by atoms with Crippen LogP contribution < -0.4 is 5.73 Å². The zero-order valence-corrected chi connectivity index (χ0v) is 9.13. The Balaban J connectivity index is 3.34. The van der Waals surface area contributed by atoms with E-state index in [4.69, 9.17) is 18.0 Å². The molecule has 0 aromatic carbocycles. The molecule has 0 aliphatic heterocycles. The molecule has 1 unspecified atom stereocenters. The van der Waals surface area contributed by atoms with Crippen LogP contribution in [0.1, 0.15) is 20.8 Å². The SMILES string of the molecule is CC(C)C(C)(C(N)=O)n1[nH]nnc1=S. The van der Waals surface area contributed by atoms with Crippen LogP contribution in [0.15, 0.2) is 0 Å².